The highest BCUT2D eigenvalue weighted by molar-refractivity contribution is 6.31. The van der Waals surface area contributed by atoms with Crippen molar-refractivity contribution in [2.75, 3.05) is 0 Å². The van der Waals surface area contributed by atoms with Crippen LogP contribution in [0, 0.1) is 6.20 Å². The van der Waals surface area contributed by atoms with Crippen molar-refractivity contribution in [3.63, 3.8) is 0 Å². The van der Waals surface area contributed by atoms with Crippen LogP contribution in [0.4, 0.5) is 0 Å². The molecule has 0 atom stereocenters. The summed E-state index contributed by atoms with van der Waals surface area (Å²) in [6, 6.07) is 1.50. The van der Waals surface area contributed by atoms with E-state index in [1.165, 1.54) is 19.2 Å². The zero-order chi connectivity index (χ0) is 8.27. The van der Waals surface area contributed by atoms with E-state index in [2.05, 4.69) is 11.2 Å². The van der Waals surface area contributed by atoms with Gasteiger partial charge in [-0.05, 0) is 0 Å². The lowest BCUT2D eigenvalue weighted by atomic mass is 10.4. The van der Waals surface area contributed by atoms with Gasteiger partial charge in [0.15, 0.2) is 5.75 Å². The number of esters is 1. The summed E-state index contributed by atoms with van der Waals surface area (Å²) >= 11 is 5.57. The summed E-state index contributed by atoms with van der Waals surface area (Å²) in [5.74, 6) is -0.124. The fourth-order valence-electron chi connectivity index (χ4n) is 0.561. The number of ether oxygens (including phenoxy) is 1. The summed E-state index contributed by atoms with van der Waals surface area (Å²) < 4.78 is 4.70. The van der Waals surface area contributed by atoms with Crippen LogP contribution in [-0.4, -0.2) is 11.0 Å². The van der Waals surface area contributed by atoms with Crippen molar-refractivity contribution in [1.82, 2.24) is 4.98 Å². The number of nitrogens with zero attached hydrogens (tertiary/aromatic N) is 1. The molecule has 0 aromatic carbocycles. The number of carbonyl (C=O) groups is 1. The minimum absolute atomic E-state index is 0.211. The van der Waals surface area contributed by atoms with Gasteiger partial charge in [0, 0.05) is 19.2 Å². The second-order valence-corrected chi connectivity index (χ2v) is 2.21. The Kier molecular flexibility index (Phi) is 2.44. The van der Waals surface area contributed by atoms with Crippen LogP contribution < -0.4 is 4.74 Å². The van der Waals surface area contributed by atoms with Crippen molar-refractivity contribution in [3.05, 3.63) is 23.5 Å². The normalized spacial score (nSPS) is 9.27. The average molecular weight is 171 g/mol. The lowest BCUT2D eigenvalue weighted by Crippen LogP contribution is -2.01. The smallest absolute Gasteiger partial charge is 0.308 e. The topological polar surface area (TPSA) is 39.2 Å². The van der Waals surface area contributed by atoms with Crippen molar-refractivity contribution < 1.29 is 9.53 Å². The lowest BCUT2D eigenvalue weighted by molar-refractivity contribution is -0.131. The van der Waals surface area contributed by atoms with Gasteiger partial charge in [0.05, 0.1) is 0 Å². The zero-order valence-corrected chi connectivity index (χ0v) is 6.55. The van der Waals surface area contributed by atoms with Gasteiger partial charge < -0.3 is 4.74 Å². The zero-order valence-electron chi connectivity index (χ0n) is 5.80. The molecule has 3 nitrogen and oxygen atoms in total. The van der Waals surface area contributed by atoms with E-state index in [1.807, 2.05) is 0 Å². The Hall–Kier alpha value is -1.09. The second-order valence-electron chi connectivity index (χ2n) is 1.83. The molecule has 11 heavy (non-hydrogen) atoms. The fraction of sp³-hybridized carbons (Fsp3) is 0.143. The molecule has 0 aliphatic rings. The SMILES string of the molecule is CC(=O)Oc1ccn[c]c1Cl. The Morgan fingerprint density at radius 1 is 1.82 bits per heavy atom. The molecule has 1 aromatic heterocycles. The molecule has 1 heterocycles. The molecule has 0 aliphatic heterocycles. The summed E-state index contributed by atoms with van der Waals surface area (Å²) in [5.41, 5.74) is 0. The van der Waals surface area contributed by atoms with E-state index in [1.54, 1.807) is 0 Å². The molecule has 0 saturated heterocycles. The van der Waals surface area contributed by atoms with Crippen molar-refractivity contribution >= 4 is 17.6 Å². The molecular weight excluding hydrogens is 166 g/mol. The predicted molar refractivity (Wildman–Crippen MR) is 39.4 cm³/mol. The monoisotopic (exact) mass is 170 g/mol. The first kappa shape index (κ1) is 8.01. The number of carbonyl (C=O) groups excluding carboxylic acids is 1. The number of hydrogen-bond acceptors (Lipinski definition) is 3. The summed E-state index contributed by atoms with van der Waals surface area (Å²) in [4.78, 5) is 14.1. The van der Waals surface area contributed by atoms with E-state index >= 15 is 0 Å². The molecule has 1 aromatic rings. The van der Waals surface area contributed by atoms with Gasteiger partial charge >= 0.3 is 5.97 Å². The van der Waals surface area contributed by atoms with Gasteiger partial charge in [-0.3, -0.25) is 9.78 Å². The van der Waals surface area contributed by atoms with Gasteiger partial charge in [-0.15, -0.1) is 0 Å². The molecule has 1 radical (unpaired) electrons. The van der Waals surface area contributed by atoms with Crippen molar-refractivity contribution in [2.24, 2.45) is 0 Å². The van der Waals surface area contributed by atoms with Crippen LogP contribution >= 0.6 is 11.6 Å². The molecule has 1 rings (SSSR count). The van der Waals surface area contributed by atoms with E-state index in [0.29, 0.717) is 0 Å². The number of aromatic nitrogens is 1. The van der Waals surface area contributed by atoms with Crippen LogP contribution in [0.2, 0.25) is 5.02 Å². The van der Waals surface area contributed by atoms with Gasteiger partial charge in [0.25, 0.3) is 0 Å². The number of rotatable bonds is 1. The minimum atomic E-state index is -0.411. The maximum atomic E-state index is 10.5. The molecule has 0 aliphatic carbocycles. The highest BCUT2D eigenvalue weighted by Crippen LogP contribution is 2.21. The van der Waals surface area contributed by atoms with E-state index in [-0.39, 0.29) is 10.8 Å². The van der Waals surface area contributed by atoms with Crippen LogP contribution in [0.1, 0.15) is 6.92 Å². The maximum absolute atomic E-state index is 10.5. The van der Waals surface area contributed by atoms with Crippen LogP contribution in [0.15, 0.2) is 12.3 Å². The first-order chi connectivity index (χ1) is 5.20. The first-order valence-electron chi connectivity index (χ1n) is 2.91. The van der Waals surface area contributed by atoms with Crippen molar-refractivity contribution in [1.29, 1.82) is 0 Å². The Morgan fingerprint density at radius 3 is 3.09 bits per heavy atom. The van der Waals surface area contributed by atoms with Crippen LogP contribution in [0.5, 0.6) is 5.75 Å². The number of hydrogen-bond donors (Lipinski definition) is 0. The summed E-state index contributed by atoms with van der Waals surface area (Å²) in [6.45, 7) is 1.30. The average Bonchev–Trinajstić information content (AvgIpc) is 1.93. The number of halogens is 1. The third-order valence-corrected chi connectivity index (χ3v) is 1.20. The highest BCUT2D eigenvalue weighted by Gasteiger charge is 2.02. The van der Waals surface area contributed by atoms with E-state index < -0.39 is 5.97 Å². The quantitative estimate of drug-likeness (QED) is 0.599. The molecule has 0 unspecified atom stereocenters. The standard InChI is InChI=1S/C7H5ClNO2/c1-5(10)11-7-2-3-9-4-6(7)8/h2-3H,1H3. The molecule has 57 valence electrons. The first-order valence-corrected chi connectivity index (χ1v) is 3.28. The largest absolute Gasteiger partial charge is 0.425 e. The summed E-state index contributed by atoms with van der Waals surface area (Å²) in [6.07, 6.45) is 3.89. The maximum Gasteiger partial charge on any atom is 0.308 e. The van der Waals surface area contributed by atoms with E-state index in [9.17, 15) is 4.79 Å². The number of pyridine rings is 1. The second kappa shape index (κ2) is 3.34. The van der Waals surface area contributed by atoms with Gasteiger partial charge in [-0.2, -0.15) is 0 Å². The Labute approximate surface area is 69.0 Å². The van der Waals surface area contributed by atoms with Crippen LogP contribution in [0.25, 0.3) is 0 Å². The summed E-state index contributed by atoms with van der Waals surface area (Å²) in [7, 11) is 0. The third kappa shape index (κ3) is 2.20. The van der Waals surface area contributed by atoms with Crippen molar-refractivity contribution in [3.8, 4) is 5.75 Å². The van der Waals surface area contributed by atoms with E-state index in [0.717, 1.165) is 0 Å². The molecule has 0 N–H and O–H groups in total. The third-order valence-electron chi connectivity index (χ3n) is 0.933. The van der Waals surface area contributed by atoms with E-state index in [4.69, 9.17) is 16.3 Å². The van der Waals surface area contributed by atoms with Crippen LogP contribution in [0.3, 0.4) is 0 Å². The molecule has 0 spiro atoms. The lowest BCUT2D eigenvalue weighted by Gasteiger charge is -2.00. The fourth-order valence-corrected chi connectivity index (χ4v) is 0.711. The van der Waals surface area contributed by atoms with Gasteiger partial charge in [-0.25, -0.2) is 0 Å². The molecular formula is C7H5ClNO2. The molecule has 0 bridgehead atoms. The Morgan fingerprint density at radius 2 is 2.55 bits per heavy atom. The predicted octanol–water partition coefficient (Wildman–Crippen LogP) is 1.46. The Bertz CT molecular complexity index is 275. The molecule has 0 saturated carbocycles. The molecule has 4 heteroatoms. The molecule has 0 amide bonds. The molecule has 0 fully saturated rings. The minimum Gasteiger partial charge on any atom is -0.425 e. The highest BCUT2D eigenvalue weighted by atomic mass is 35.5. The Balaban J connectivity index is 2.86. The summed E-state index contributed by atoms with van der Waals surface area (Å²) in [5, 5.41) is 0.211. The van der Waals surface area contributed by atoms with Crippen LogP contribution in [-0.2, 0) is 4.79 Å². The van der Waals surface area contributed by atoms with Gasteiger partial charge in [-0.1, -0.05) is 11.6 Å². The van der Waals surface area contributed by atoms with Gasteiger partial charge in [0.1, 0.15) is 11.2 Å². The van der Waals surface area contributed by atoms with Crippen molar-refractivity contribution in [2.45, 2.75) is 6.92 Å². The van der Waals surface area contributed by atoms with Gasteiger partial charge in [0.2, 0.25) is 0 Å².